The average Bonchev–Trinajstić information content (AvgIpc) is 2.74. The first-order valence-corrected chi connectivity index (χ1v) is 7.04. The number of nitrogens with one attached hydrogen (secondary N) is 1. The van der Waals surface area contributed by atoms with Crippen LogP contribution in [0.3, 0.4) is 0 Å². The molecular formula is C13H20N2OS. The van der Waals surface area contributed by atoms with Crippen molar-refractivity contribution in [2.24, 2.45) is 5.73 Å². The molecule has 0 aromatic carbocycles. The van der Waals surface area contributed by atoms with E-state index in [0.29, 0.717) is 6.54 Å². The highest BCUT2D eigenvalue weighted by molar-refractivity contribution is 7.13. The van der Waals surface area contributed by atoms with Crippen LogP contribution in [0.25, 0.3) is 0 Å². The van der Waals surface area contributed by atoms with Crippen LogP contribution in [0.5, 0.6) is 0 Å². The van der Waals surface area contributed by atoms with Gasteiger partial charge in [-0.2, -0.15) is 0 Å². The molecule has 4 heteroatoms. The van der Waals surface area contributed by atoms with Gasteiger partial charge in [-0.3, -0.25) is 4.79 Å². The van der Waals surface area contributed by atoms with Gasteiger partial charge in [0.25, 0.3) is 5.91 Å². The topological polar surface area (TPSA) is 55.1 Å². The summed E-state index contributed by atoms with van der Waals surface area (Å²) in [5.41, 5.74) is 6.10. The first-order valence-electron chi connectivity index (χ1n) is 6.23. The van der Waals surface area contributed by atoms with Crippen molar-refractivity contribution >= 4 is 17.2 Å². The molecule has 3 nitrogen and oxygen atoms in total. The van der Waals surface area contributed by atoms with Crippen molar-refractivity contribution in [1.82, 2.24) is 5.32 Å². The van der Waals surface area contributed by atoms with E-state index in [1.807, 2.05) is 19.1 Å². The summed E-state index contributed by atoms with van der Waals surface area (Å²) in [5.74, 6) is 0.0125. The number of amides is 1. The molecule has 0 radical (unpaired) electrons. The third-order valence-electron chi connectivity index (χ3n) is 3.41. The Kier molecular flexibility index (Phi) is 3.84. The van der Waals surface area contributed by atoms with Gasteiger partial charge in [0.05, 0.1) is 4.88 Å². The maximum Gasteiger partial charge on any atom is 0.261 e. The molecular weight excluding hydrogens is 232 g/mol. The van der Waals surface area contributed by atoms with Crippen LogP contribution in [0.4, 0.5) is 0 Å². The fourth-order valence-electron chi connectivity index (χ4n) is 2.33. The molecule has 1 aromatic heterocycles. The molecule has 17 heavy (non-hydrogen) atoms. The van der Waals surface area contributed by atoms with Crippen LogP contribution in [0, 0.1) is 6.92 Å². The van der Waals surface area contributed by atoms with Gasteiger partial charge in [-0.15, -0.1) is 11.3 Å². The number of nitrogens with two attached hydrogens (primary N) is 1. The summed E-state index contributed by atoms with van der Waals surface area (Å²) >= 11 is 1.53. The Hall–Kier alpha value is -0.870. The Balaban J connectivity index is 1.87. The molecule has 1 saturated carbocycles. The number of carbonyl (C=O) groups is 1. The van der Waals surface area contributed by atoms with E-state index >= 15 is 0 Å². The molecule has 1 amide bonds. The van der Waals surface area contributed by atoms with Crippen LogP contribution in [0.15, 0.2) is 12.1 Å². The van der Waals surface area contributed by atoms with Gasteiger partial charge in [0.15, 0.2) is 0 Å². The average molecular weight is 252 g/mol. The number of hydrogen-bond donors (Lipinski definition) is 2. The first-order chi connectivity index (χ1) is 8.09. The van der Waals surface area contributed by atoms with E-state index < -0.39 is 0 Å². The molecule has 0 spiro atoms. The van der Waals surface area contributed by atoms with Crippen molar-refractivity contribution in [3.8, 4) is 0 Å². The largest absolute Gasteiger partial charge is 0.349 e. The minimum Gasteiger partial charge on any atom is -0.349 e. The lowest BCUT2D eigenvalue weighted by molar-refractivity contribution is 0.0942. The summed E-state index contributed by atoms with van der Waals surface area (Å²) in [6, 6.07) is 3.85. The van der Waals surface area contributed by atoms with Crippen LogP contribution < -0.4 is 11.1 Å². The standard InChI is InChI=1S/C13H20N2OS/c1-10-5-6-11(17-10)12(16)15-9-13(14)7-3-2-4-8-13/h5-6H,2-4,7-9,14H2,1H3,(H,15,16). The molecule has 1 aliphatic rings. The van der Waals surface area contributed by atoms with E-state index in [-0.39, 0.29) is 11.4 Å². The lowest BCUT2D eigenvalue weighted by atomic mass is 9.82. The fourth-order valence-corrected chi connectivity index (χ4v) is 3.12. The van der Waals surface area contributed by atoms with Crippen molar-refractivity contribution in [3.05, 3.63) is 21.9 Å². The molecule has 2 rings (SSSR count). The molecule has 0 atom stereocenters. The van der Waals surface area contributed by atoms with E-state index in [1.54, 1.807) is 0 Å². The monoisotopic (exact) mass is 252 g/mol. The Morgan fingerprint density at radius 3 is 2.71 bits per heavy atom. The van der Waals surface area contributed by atoms with Gasteiger partial charge in [0.1, 0.15) is 0 Å². The summed E-state index contributed by atoms with van der Waals surface area (Å²) in [5, 5.41) is 2.97. The van der Waals surface area contributed by atoms with Gasteiger partial charge in [-0.25, -0.2) is 0 Å². The minimum absolute atomic E-state index is 0.0125. The van der Waals surface area contributed by atoms with Gasteiger partial charge >= 0.3 is 0 Å². The third kappa shape index (κ3) is 3.30. The zero-order valence-electron chi connectivity index (χ0n) is 10.3. The number of thiophene rings is 1. The highest BCUT2D eigenvalue weighted by Crippen LogP contribution is 2.25. The molecule has 1 aliphatic carbocycles. The van der Waals surface area contributed by atoms with Crippen molar-refractivity contribution in [1.29, 1.82) is 0 Å². The van der Waals surface area contributed by atoms with Crippen LogP contribution in [0.1, 0.15) is 46.7 Å². The van der Waals surface area contributed by atoms with Gasteiger partial charge in [0.2, 0.25) is 0 Å². The molecule has 0 saturated heterocycles. The van der Waals surface area contributed by atoms with E-state index in [1.165, 1.54) is 30.6 Å². The maximum absolute atomic E-state index is 11.9. The molecule has 0 unspecified atom stereocenters. The lowest BCUT2D eigenvalue weighted by Crippen LogP contribution is -2.51. The molecule has 1 aromatic rings. The molecule has 94 valence electrons. The molecule has 1 fully saturated rings. The van der Waals surface area contributed by atoms with Gasteiger partial charge < -0.3 is 11.1 Å². The van der Waals surface area contributed by atoms with Crippen molar-refractivity contribution in [2.75, 3.05) is 6.54 Å². The number of rotatable bonds is 3. The Bertz CT molecular complexity index is 394. The van der Waals surface area contributed by atoms with Gasteiger partial charge in [-0.1, -0.05) is 19.3 Å². The summed E-state index contributed by atoms with van der Waals surface area (Å²) < 4.78 is 0. The van der Waals surface area contributed by atoms with Crippen LogP contribution in [-0.2, 0) is 0 Å². The summed E-state index contributed by atoms with van der Waals surface area (Å²) in [4.78, 5) is 13.8. The molecule has 0 aliphatic heterocycles. The Morgan fingerprint density at radius 2 is 2.12 bits per heavy atom. The highest BCUT2D eigenvalue weighted by Gasteiger charge is 2.27. The summed E-state index contributed by atoms with van der Waals surface area (Å²) in [7, 11) is 0. The summed E-state index contributed by atoms with van der Waals surface area (Å²) in [6.07, 6.45) is 5.69. The van der Waals surface area contributed by atoms with Crippen molar-refractivity contribution in [2.45, 2.75) is 44.6 Å². The lowest BCUT2D eigenvalue weighted by Gasteiger charge is -2.33. The predicted molar refractivity (Wildman–Crippen MR) is 71.4 cm³/mol. The quantitative estimate of drug-likeness (QED) is 0.868. The van der Waals surface area contributed by atoms with Crippen molar-refractivity contribution < 1.29 is 4.79 Å². The number of carbonyl (C=O) groups excluding carboxylic acids is 1. The SMILES string of the molecule is Cc1ccc(C(=O)NCC2(N)CCCCC2)s1. The van der Waals surface area contributed by atoms with Gasteiger partial charge in [-0.05, 0) is 31.9 Å². The second-order valence-electron chi connectivity index (χ2n) is 5.02. The van der Waals surface area contributed by atoms with E-state index in [9.17, 15) is 4.79 Å². The predicted octanol–water partition coefficient (Wildman–Crippen LogP) is 2.45. The Morgan fingerprint density at radius 1 is 1.41 bits per heavy atom. The van der Waals surface area contributed by atoms with Gasteiger partial charge in [0, 0.05) is 17.0 Å². The van der Waals surface area contributed by atoms with Crippen LogP contribution in [0.2, 0.25) is 0 Å². The first kappa shape index (κ1) is 12.6. The second-order valence-corrected chi connectivity index (χ2v) is 6.30. The smallest absolute Gasteiger partial charge is 0.261 e. The third-order valence-corrected chi connectivity index (χ3v) is 4.41. The summed E-state index contributed by atoms with van der Waals surface area (Å²) in [6.45, 7) is 2.61. The van der Waals surface area contributed by atoms with Crippen LogP contribution >= 0.6 is 11.3 Å². The van der Waals surface area contributed by atoms with Crippen molar-refractivity contribution in [3.63, 3.8) is 0 Å². The zero-order valence-corrected chi connectivity index (χ0v) is 11.1. The Labute approximate surface area is 106 Å². The normalized spacial score (nSPS) is 18.9. The van der Waals surface area contributed by atoms with E-state index in [4.69, 9.17) is 5.73 Å². The maximum atomic E-state index is 11.9. The fraction of sp³-hybridized carbons (Fsp3) is 0.615. The minimum atomic E-state index is -0.180. The molecule has 3 N–H and O–H groups in total. The highest BCUT2D eigenvalue weighted by atomic mass is 32.1. The molecule has 1 heterocycles. The number of hydrogen-bond acceptors (Lipinski definition) is 3. The number of aryl methyl sites for hydroxylation is 1. The zero-order chi connectivity index (χ0) is 12.3. The van der Waals surface area contributed by atoms with E-state index in [0.717, 1.165) is 22.6 Å². The van der Waals surface area contributed by atoms with E-state index in [2.05, 4.69) is 5.32 Å². The second kappa shape index (κ2) is 5.19. The molecule has 0 bridgehead atoms. The van der Waals surface area contributed by atoms with Crippen LogP contribution in [-0.4, -0.2) is 18.0 Å².